The normalized spacial score (nSPS) is 14.4. The van der Waals surface area contributed by atoms with Crippen molar-refractivity contribution in [1.29, 1.82) is 0 Å². The van der Waals surface area contributed by atoms with Gasteiger partial charge in [-0.3, -0.25) is 0 Å². The van der Waals surface area contributed by atoms with Gasteiger partial charge < -0.3 is 0 Å². The molecule has 0 atom stereocenters. The molecule has 4 nitrogen and oxygen atoms in total. The van der Waals surface area contributed by atoms with Crippen LogP contribution in [-0.2, 0) is 4.79 Å². The van der Waals surface area contributed by atoms with Gasteiger partial charge in [-0.25, -0.2) is 0 Å². The molecule has 2 aromatic carbocycles. The average molecular weight is 460 g/mol. The predicted molar refractivity (Wildman–Crippen MR) is 115 cm³/mol. The van der Waals surface area contributed by atoms with Gasteiger partial charge in [-0.05, 0) is 0 Å². The van der Waals surface area contributed by atoms with E-state index < -0.39 is 0 Å². The molecule has 1 fully saturated rings. The van der Waals surface area contributed by atoms with Crippen LogP contribution in [-0.4, -0.2) is 33.0 Å². The molecular weight excluding hydrogens is 439 g/mol. The molecule has 0 unspecified atom stereocenters. The molecular formula is C22H21ClN2O2Se. The number of nitrogens with one attached hydrogen (secondary N) is 1. The van der Waals surface area contributed by atoms with Crippen LogP contribution in [0.1, 0.15) is 25.7 Å². The summed E-state index contributed by atoms with van der Waals surface area (Å²) in [6.45, 7) is 0. The summed E-state index contributed by atoms with van der Waals surface area (Å²) in [6, 6.07) is 13.8. The molecule has 0 radical (unpaired) electrons. The quantitative estimate of drug-likeness (QED) is 0.592. The first-order chi connectivity index (χ1) is 13.7. The Hall–Kier alpha value is -2.07. The van der Waals surface area contributed by atoms with Crippen molar-refractivity contribution >= 4 is 58.0 Å². The number of aromatic nitrogens is 1. The number of fused-ring (bicyclic) bond motifs is 1. The van der Waals surface area contributed by atoms with Crippen molar-refractivity contribution in [3.8, 4) is 5.75 Å². The van der Waals surface area contributed by atoms with E-state index >= 15 is 0 Å². The van der Waals surface area contributed by atoms with E-state index in [0.717, 1.165) is 57.5 Å². The number of pyridine rings is 1. The molecule has 1 heterocycles. The number of benzene rings is 2. The SMILES string of the molecule is COc1cc(NC(=O)C2CCCC2)c2ncccc2c1[Se]c1ccc(Cl)cc1. The van der Waals surface area contributed by atoms with Crippen LogP contribution in [0, 0.1) is 5.92 Å². The number of ether oxygens (including phenoxy) is 1. The number of anilines is 1. The molecule has 0 spiro atoms. The molecule has 28 heavy (non-hydrogen) atoms. The molecule has 0 bridgehead atoms. The van der Waals surface area contributed by atoms with Gasteiger partial charge in [0.25, 0.3) is 0 Å². The summed E-state index contributed by atoms with van der Waals surface area (Å²) in [5.41, 5.74) is 1.53. The predicted octanol–water partition coefficient (Wildman–Crippen LogP) is 3.68. The van der Waals surface area contributed by atoms with E-state index in [4.69, 9.17) is 16.3 Å². The number of nitrogens with zero attached hydrogens (tertiary/aromatic N) is 1. The van der Waals surface area contributed by atoms with E-state index in [0.29, 0.717) is 0 Å². The van der Waals surface area contributed by atoms with Crippen molar-refractivity contribution in [1.82, 2.24) is 4.98 Å². The molecule has 1 aromatic heterocycles. The van der Waals surface area contributed by atoms with Crippen LogP contribution in [0.3, 0.4) is 0 Å². The molecule has 0 aliphatic heterocycles. The van der Waals surface area contributed by atoms with Gasteiger partial charge in [-0.1, -0.05) is 0 Å². The van der Waals surface area contributed by atoms with E-state index in [-0.39, 0.29) is 26.8 Å². The Bertz CT molecular complexity index is 1000. The summed E-state index contributed by atoms with van der Waals surface area (Å²) in [4.78, 5) is 17.2. The molecule has 1 amide bonds. The maximum atomic E-state index is 12.7. The van der Waals surface area contributed by atoms with Crippen molar-refractivity contribution in [3.05, 3.63) is 53.7 Å². The number of carbonyl (C=O) groups is 1. The van der Waals surface area contributed by atoms with Crippen LogP contribution >= 0.6 is 11.6 Å². The van der Waals surface area contributed by atoms with Crippen molar-refractivity contribution in [2.75, 3.05) is 12.4 Å². The van der Waals surface area contributed by atoms with Crippen LogP contribution in [0.2, 0.25) is 5.02 Å². The number of amides is 1. The molecule has 1 aliphatic carbocycles. The Kier molecular flexibility index (Phi) is 5.86. The molecule has 144 valence electrons. The maximum absolute atomic E-state index is 12.7. The van der Waals surface area contributed by atoms with Crippen LogP contribution in [0.25, 0.3) is 10.9 Å². The Labute approximate surface area is 175 Å². The van der Waals surface area contributed by atoms with E-state index in [2.05, 4.69) is 10.3 Å². The van der Waals surface area contributed by atoms with E-state index in [1.807, 2.05) is 42.5 Å². The number of rotatable bonds is 5. The van der Waals surface area contributed by atoms with Gasteiger partial charge in [0.1, 0.15) is 0 Å². The Morgan fingerprint density at radius 3 is 2.68 bits per heavy atom. The average Bonchev–Trinajstić information content (AvgIpc) is 3.26. The topological polar surface area (TPSA) is 51.2 Å². The molecule has 4 rings (SSSR count). The van der Waals surface area contributed by atoms with Crippen LogP contribution in [0.4, 0.5) is 5.69 Å². The third kappa shape index (κ3) is 4.02. The molecule has 1 saturated carbocycles. The van der Waals surface area contributed by atoms with E-state index in [9.17, 15) is 4.79 Å². The van der Waals surface area contributed by atoms with Crippen molar-refractivity contribution in [3.63, 3.8) is 0 Å². The Balaban J connectivity index is 1.74. The third-order valence-corrected chi connectivity index (χ3v) is 7.67. The monoisotopic (exact) mass is 460 g/mol. The summed E-state index contributed by atoms with van der Waals surface area (Å²) in [7, 11) is 1.67. The second-order valence-corrected chi connectivity index (χ2v) is 9.59. The second kappa shape index (κ2) is 8.52. The first-order valence-electron chi connectivity index (χ1n) is 9.35. The zero-order chi connectivity index (χ0) is 19.5. The number of carbonyl (C=O) groups excluding carboxylic acids is 1. The molecule has 6 heteroatoms. The molecule has 1 N–H and O–H groups in total. The Morgan fingerprint density at radius 1 is 1.21 bits per heavy atom. The molecule has 1 aliphatic rings. The summed E-state index contributed by atoms with van der Waals surface area (Å²) in [5, 5.41) is 4.85. The van der Waals surface area contributed by atoms with Crippen molar-refractivity contribution in [2.45, 2.75) is 25.7 Å². The van der Waals surface area contributed by atoms with Gasteiger partial charge in [0, 0.05) is 0 Å². The van der Waals surface area contributed by atoms with E-state index in [1.54, 1.807) is 13.3 Å². The van der Waals surface area contributed by atoms with Crippen molar-refractivity contribution < 1.29 is 9.53 Å². The number of hydrogen-bond acceptors (Lipinski definition) is 3. The zero-order valence-corrected chi connectivity index (χ0v) is 18.0. The van der Waals surface area contributed by atoms with Gasteiger partial charge >= 0.3 is 176 Å². The van der Waals surface area contributed by atoms with Gasteiger partial charge in [0.05, 0.1) is 0 Å². The summed E-state index contributed by atoms with van der Waals surface area (Å²) >= 11 is 6.04. The minimum absolute atomic E-state index is 0.0191. The third-order valence-electron chi connectivity index (χ3n) is 5.04. The molecule has 3 aromatic rings. The standard InChI is InChI=1S/C22H21ClN2O2Se/c1-27-19-13-18(25-22(26)14-5-2-3-6-14)20-17(7-4-12-24-20)21(19)28-16-10-8-15(23)9-11-16/h4,7-14H,2-3,5-6H2,1H3,(H,25,26). The van der Waals surface area contributed by atoms with Gasteiger partial charge in [0.2, 0.25) is 0 Å². The second-order valence-electron chi connectivity index (χ2n) is 6.88. The van der Waals surface area contributed by atoms with Crippen LogP contribution in [0.15, 0.2) is 48.7 Å². The fraction of sp³-hybridized carbons (Fsp3) is 0.273. The first-order valence-corrected chi connectivity index (χ1v) is 11.4. The van der Waals surface area contributed by atoms with Crippen molar-refractivity contribution in [2.24, 2.45) is 5.92 Å². The number of hydrogen-bond donors (Lipinski definition) is 1. The fourth-order valence-corrected chi connectivity index (χ4v) is 5.87. The van der Waals surface area contributed by atoms with Gasteiger partial charge in [0.15, 0.2) is 0 Å². The summed E-state index contributed by atoms with van der Waals surface area (Å²) < 4.78 is 8.02. The number of halogens is 1. The van der Waals surface area contributed by atoms with Gasteiger partial charge in [-0.15, -0.1) is 0 Å². The summed E-state index contributed by atoms with van der Waals surface area (Å²) in [6.07, 6.45) is 5.95. The van der Waals surface area contributed by atoms with Crippen LogP contribution in [0.5, 0.6) is 5.75 Å². The van der Waals surface area contributed by atoms with Crippen LogP contribution < -0.4 is 19.0 Å². The Morgan fingerprint density at radius 2 is 1.96 bits per heavy atom. The minimum atomic E-state index is 0.0191. The summed E-state index contributed by atoms with van der Waals surface area (Å²) in [5.74, 6) is 0.961. The zero-order valence-electron chi connectivity index (χ0n) is 15.6. The van der Waals surface area contributed by atoms with E-state index in [1.165, 1.54) is 4.46 Å². The molecule has 0 saturated heterocycles. The fourth-order valence-electron chi connectivity index (χ4n) is 3.60. The first kappa shape index (κ1) is 19.3. The van der Waals surface area contributed by atoms with Gasteiger partial charge in [-0.2, -0.15) is 0 Å². The number of methoxy groups -OCH3 is 1.